The number of carbonyl (C=O) groups is 1. The van der Waals surface area contributed by atoms with Crippen LogP contribution in [0.4, 0.5) is 0 Å². The summed E-state index contributed by atoms with van der Waals surface area (Å²) >= 11 is 0. The molecule has 6 nitrogen and oxygen atoms in total. The maximum atomic E-state index is 10.6. The summed E-state index contributed by atoms with van der Waals surface area (Å²) in [6, 6.07) is 3.05. The molecule has 0 saturated heterocycles. The first kappa shape index (κ1) is 13.6. The van der Waals surface area contributed by atoms with E-state index in [-0.39, 0.29) is 18.8 Å². The van der Waals surface area contributed by atoms with Crippen LogP contribution in [0.25, 0.3) is 0 Å². The zero-order valence-electron chi connectivity index (χ0n) is 9.55. The van der Waals surface area contributed by atoms with Gasteiger partial charge in [0.1, 0.15) is 0 Å². The highest BCUT2D eigenvalue weighted by Gasteiger charge is 2.21. The van der Waals surface area contributed by atoms with Gasteiger partial charge in [0, 0.05) is 12.7 Å². The van der Waals surface area contributed by atoms with Crippen molar-refractivity contribution >= 4 is 5.97 Å². The van der Waals surface area contributed by atoms with Gasteiger partial charge in [-0.05, 0) is 19.1 Å². The average molecular weight is 240 g/mol. The van der Waals surface area contributed by atoms with Crippen molar-refractivity contribution in [3.8, 4) is 0 Å². The molecule has 1 rings (SSSR count). The van der Waals surface area contributed by atoms with Crippen LogP contribution in [0.5, 0.6) is 0 Å². The SMILES string of the molecule is CC(CO)(CO)NCc1ccc(C(=O)O)cn1. The number of rotatable bonds is 6. The lowest BCUT2D eigenvalue weighted by Crippen LogP contribution is -2.48. The second-order valence-electron chi connectivity index (χ2n) is 4.07. The average Bonchev–Trinajstić information content (AvgIpc) is 2.36. The summed E-state index contributed by atoms with van der Waals surface area (Å²) in [5.41, 5.74) is -0.00314. The van der Waals surface area contributed by atoms with E-state index >= 15 is 0 Å². The van der Waals surface area contributed by atoms with Crippen LogP contribution in [0.15, 0.2) is 18.3 Å². The Morgan fingerprint density at radius 3 is 2.47 bits per heavy atom. The minimum absolute atomic E-state index is 0.126. The van der Waals surface area contributed by atoms with Crippen molar-refractivity contribution < 1.29 is 20.1 Å². The predicted molar refractivity (Wildman–Crippen MR) is 60.6 cm³/mol. The quantitative estimate of drug-likeness (QED) is 0.540. The Balaban J connectivity index is 2.61. The van der Waals surface area contributed by atoms with Crippen LogP contribution in [0.3, 0.4) is 0 Å². The molecule has 4 N–H and O–H groups in total. The van der Waals surface area contributed by atoms with Crippen molar-refractivity contribution in [2.75, 3.05) is 13.2 Å². The Morgan fingerprint density at radius 2 is 2.06 bits per heavy atom. The third-order valence-corrected chi connectivity index (χ3v) is 2.47. The zero-order chi connectivity index (χ0) is 12.9. The number of aromatic carboxylic acids is 1. The van der Waals surface area contributed by atoms with Gasteiger partial charge in [0.2, 0.25) is 0 Å². The molecule has 0 atom stereocenters. The Morgan fingerprint density at radius 1 is 1.41 bits per heavy atom. The Bertz CT molecular complexity index is 374. The van der Waals surface area contributed by atoms with Crippen LogP contribution in [-0.4, -0.2) is 45.0 Å². The summed E-state index contributed by atoms with van der Waals surface area (Å²) in [5.74, 6) is -1.02. The van der Waals surface area contributed by atoms with E-state index in [0.717, 1.165) is 0 Å². The van der Waals surface area contributed by atoms with E-state index in [9.17, 15) is 4.79 Å². The van der Waals surface area contributed by atoms with Crippen molar-refractivity contribution in [1.29, 1.82) is 0 Å². The smallest absolute Gasteiger partial charge is 0.337 e. The number of aromatic nitrogens is 1. The molecule has 1 heterocycles. The molecule has 0 fully saturated rings. The monoisotopic (exact) mass is 240 g/mol. The molecule has 0 aromatic carbocycles. The summed E-state index contributed by atoms with van der Waals surface area (Å²) < 4.78 is 0. The van der Waals surface area contributed by atoms with Gasteiger partial charge >= 0.3 is 5.97 Å². The van der Waals surface area contributed by atoms with Crippen molar-refractivity contribution in [3.63, 3.8) is 0 Å². The number of pyridine rings is 1. The fourth-order valence-electron chi connectivity index (χ4n) is 1.12. The number of carboxylic acid groups (broad SMARTS) is 1. The zero-order valence-corrected chi connectivity index (χ0v) is 9.55. The van der Waals surface area contributed by atoms with E-state index < -0.39 is 11.5 Å². The first-order valence-electron chi connectivity index (χ1n) is 5.16. The fraction of sp³-hybridized carbons (Fsp3) is 0.455. The lowest BCUT2D eigenvalue weighted by Gasteiger charge is -2.26. The van der Waals surface area contributed by atoms with Crippen molar-refractivity contribution in [1.82, 2.24) is 10.3 Å². The molecule has 0 aliphatic rings. The van der Waals surface area contributed by atoms with E-state index in [1.165, 1.54) is 12.3 Å². The van der Waals surface area contributed by atoms with Crippen molar-refractivity contribution in [3.05, 3.63) is 29.6 Å². The Labute approximate surface area is 98.9 Å². The van der Waals surface area contributed by atoms with Crippen LogP contribution in [0.1, 0.15) is 23.0 Å². The molecule has 0 aliphatic carbocycles. The lowest BCUT2D eigenvalue weighted by molar-refractivity contribution is 0.0696. The van der Waals surface area contributed by atoms with Gasteiger partial charge in [0.15, 0.2) is 0 Å². The van der Waals surface area contributed by atoms with E-state index in [2.05, 4.69) is 10.3 Å². The molecule has 6 heteroatoms. The van der Waals surface area contributed by atoms with Crippen LogP contribution >= 0.6 is 0 Å². The fourth-order valence-corrected chi connectivity index (χ4v) is 1.12. The minimum Gasteiger partial charge on any atom is -0.478 e. The van der Waals surface area contributed by atoms with Gasteiger partial charge in [-0.1, -0.05) is 0 Å². The highest BCUT2D eigenvalue weighted by atomic mass is 16.4. The van der Waals surface area contributed by atoms with Gasteiger partial charge < -0.3 is 20.6 Å². The molecule has 0 aliphatic heterocycles. The van der Waals surface area contributed by atoms with Crippen LogP contribution in [0, 0.1) is 0 Å². The Kier molecular flexibility index (Phi) is 4.56. The van der Waals surface area contributed by atoms with Crippen molar-refractivity contribution in [2.24, 2.45) is 0 Å². The molecule has 94 valence electrons. The maximum Gasteiger partial charge on any atom is 0.337 e. The number of hydrogen-bond donors (Lipinski definition) is 4. The van der Waals surface area contributed by atoms with E-state index in [1.807, 2.05) is 0 Å². The van der Waals surface area contributed by atoms with Gasteiger partial charge in [0.25, 0.3) is 0 Å². The third-order valence-electron chi connectivity index (χ3n) is 2.47. The standard InChI is InChI=1S/C11H16N2O4/c1-11(6-14,7-15)13-5-9-3-2-8(4-12-9)10(16)17/h2-4,13-15H,5-7H2,1H3,(H,16,17). The Hall–Kier alpha value is -1.50. The highest BCUT2D eigenvalue weighted by Crippen LogP contribution is 2.04. The molecule has 1 aromatic heterocycles. The van der Waals surface area contributed by atoms with Crippen LogP contribution in [0.2, 0.25) is 0 Å². The number of nitrogens with zero attached hydrogens (tertiary/aromatic N) is 1. The molecule has 0 unspecified atom stereocenters. The largest absolute Gasteiger partial charge is 0.478 e. The number of aliphatic hydroxyl groups excluding tert-OH is 2. The molecule has 0 bridgehead atoms. The highest BCUT2D eigenvalue weighted by molar-refractivity contribution is 5.87. The lowest BCUT2D eigenvalue weighted by atomic mass is 10.1. The molecular formula is C11H16N2O4. The van der Waals surface area contributed by atoms with Crippen LogP contribution in [-0.2, 0) is 6.54 Å². The number of aliphatic hydroxyl groups is 2. The van der Waals surface area contributed by atoms with Gasteiger partial charge in [-0.2, -0.15) is 0 Å². The number of carboxylic acids is 1. The molecule has 1 aromatic rings. The second-order valence-corrected chi connectivity index (χ2v) is 4.07. The topological polar surface area (TPSA) is 103 Å². The van der Waals surface area contributed by atoms with E-state index in [1.54, 1.807) is 13.0 Å². The molecular weight excluding hydrogens is 224 g/mol. The van der Waals surface area contributed by atoms with E-state index in [0.29, 0.717) is 12.2 Å². The molecule has 0 spiro atoms. The van der Waals surface area contributed by atoms with Gasteiger partial charge in [-0.15, -0.1) is 0 Å². The van der Waals surface area contributed by atoms with Crippen LogP contribution < -0.4 is 5.32 Å². The number of hydrogen-bond acceptors (Lipinski definition) is 5. The first-order valence-corrected chi connectivity index (χ1v) is 5.16. The van der Waals surface area contributed by atoms with Crippen molar-refractivity contribution in [2.45, 2.75) is 19.0 Å². The second kappa shape index (κ2) is 5.72. The summed E-state index contributed by atoms with van der Waals surface area (Å²) in [4.78, 5) is 14.6. The van der Waals surface area contributed by atoms with Gasteiger partial charge in [-0.3, -0.25) is 4.98 Å². The maximum absolute atomic E-state index is 10.6. The van der Waals surface area contributed by atoms with Gasteiger partial charge in [-0.25, -0.2) is 4.79 Å². The summed E-state index contributed by atoms with van der Waals surface area (Å²) in [6.45, 7) is 1.63. The summed E-state index contributed by atoms with van der Waals surface area (Å²) in [7, 11) is 0. The van der Waals surface area contributed by atoms with E-state index in [4.69, 9.17) is 15.3 Å². The normalized spacial score (nSPS) is 11.5. The number of nitrogens with one attached hydrogen (secondary N) is 1. The molecule has 17 heavy (non-hydrogen) atoms. The predicted octanol–water partition coefficient (Wildman–Crippen LogP) is -0.387. The molecule has 0 saturated carbocycles. The first-order chi connectivity index (χ1) is 8.00. The minimum atomic E-state index is -1.02. The molecule has 0 radical (unpaired) electrons. The molecule has 0 amide bonds. The van der Waals surface area contributed by atoms with Gasteiger partial charge in [0.05, 0.1) is 30.0 Å². The summed E-state index contributed by atoms with van der Waals surface area (Å²) in [5, 5.41) is 29.8. The third kappa shape index (κ3) is 3.77. The summed E-state index contributed by atoms with van der Waals surface area (Å²) in [6.07, 6.45) is 1.27.